The summed E-state index contributed by atoms with van der Waals surface area (Å²) in [5, 5.41) is 9.42. The van der Waals surface area contributed by atoms with Crippen molar-refractivity contribution in [3.63, 3.8) is 0 Å². The highest BCUT2D eigenvalue weighted by Gasteiger charge is 2.07. The summed E-state index contributed by atoms with van der Waals surface area (Å²) < 4.78 is 10.3. The van der Waals surface area contributed by atoms with Gasteiger partial charge in [-0.15, -0.1) is 0 Å². The molecule has 0 aliphatic rings. The van der Waals surface area contributed by atoms with Crippen molar-refractivity contribution in [1.29, 1.82) is 0 Å². The van der Waals surface area contributed by atoms with Gasteiger partial charge in [0.1, 0.15) is 11.5 Å². The number of nitrogens with zero attached hydrogens (tertiary/aromatic N) is 1. The van der Waals surface area contributed by atoms with Gasteiger partial charge in [0, 0.05) is 11.8 Å². The zero-order valence-electron chi connectivity index (χ0n) is 10.4. The second kappa shape index (κ2) is 5.51. The minimum atomic E-state index is -0.0518. The van der Waals surface area contributed by atoms with Crippen molar-refractivity contribution < 1.29 is 14.6 Å². The Hall–Kier alpha value is -2.07. The lowest BCUT2D eigenvalue weighted by atomic mass is 10.0. The molecular weight excluding hydrogens is 230 g/mol. The summed E-state index contributed by atoms with van der Waals surface area (Å²) >= 11 is 0. The lowest BCUT2D eigenvalue weighted by Gasteiger charge is -2.10. The number of aliphatic hydroxyl groups is 1. The minimum Gasteiger partial charge on any atom is -0.497 e. The molecule has 0 atom stereocenters. The largest absolute Gasteiger partial charge is 0.497 e. The third kappa shape index (κ3) is 2.43. The van der Waals surface area contributed by atoms with Crippen LogP contribution in [0.15, 0.2) is 36.7 Å². The smallest absolute Gasteiger partial charge is 0.137 e. The monoisotopic (exact) mass is 245 g/mol. The summed E-state index contributed by atoms with van der Waals surface area (Å²) in [6.07, 6.45) is 3.38. The lowest BCUT2D eigenvalue weighted by Crippen LogP contribution is -1.93. The fourth-order valence-electron chi connectivity index (χ4n) is 1.79. The molecule has 4 heteroatoms. The summed E-state index contributed by atoms with van der Waals surface area (Å²) in [5.74, 6) is 1.41. The average Bonchev–Trinajstić information content (AvgIpc) is 2.46. The van der Waals surface area contributed by atoms with Crippen LogP contribution >= 0.6 is 0 Å². The predicted molar refractivity (Wildman–Crippen MR) is 68.7 cm³/mol. The number of benzene rings is 1. The van der Waals surface area contributed by atoms with E-state index in [0.717, 1.165) is 22.4 Å². The van der Waals surface area contributed by atoms with Crippen LogP contribution in [-0.4, -0.2) is 24.3 Å². The third-order valence-corrected chi connectivity index (χ3v) is 2.74. The quantitative estimate of drug-likeness (QED) is 0.897. The van der Waals surface area contributed by atoms with Gasteiger partial charge in [0.2, 0.25) is 0 Å². The van der Waals surface area contributed by atoms with Crippen LogP contribution in [0.2, 0.25) is 0 Å². The van der Waals surface area contributed by atoms with Gasteiger partial charge in [-0.25, -0.2) is 0 Å². The van der Waals surface area contributed by atoms with Gasteiger partial charge in [-0.1, -0.05) is 6.07 Å². The Labute approximate surface area is 106 Å². The molecule has 2 rings (SSSR count). The highest BCUT2D eigenvalue weighted by Crippen LogP contribution is 2.28. The average molecular weight is 245 g/mol. The van der Waals surface area contributed by atoms with E-state index in [1.807, 2.05) is 24.3 Å². The molecule has 1 aromatic carbocycles. The molecule has 0 saturated heterocycles. The second-order valence-corrected chi connectivity index (χ2v) is 3.79. The number of aliphatic hydroxyl groups excluding tert-OH is 1. The van der Waals surface area contributed by atoms with E-state index >= 15 is 0 Å². The number of rotatable bonds is 4. The molecule has 0 radical (unpaired) electrons. The molecule has 0 spiro atoms. The molecular formula is C14H15NO3. The van der Waals surface area contributed by atoms with E-state index in [1.54, 1.807) is 26.6 Å². The topological polar surface area (TPSA) is 51.6 Å². The van der Waals surface area contributed by atoms with Crippen molar-refractivity contribution in [2.24, 2.45) is 0 Å². The molecule has 1 N–H and O–H groups in total. The molecule has 94 valence electrons. The molecule has 2 aromatic rings. The van der Waals surface area contributed by atoms with Gasteiger partial charge in [0.25, 0.3) is 0 Å². The number of methoxy groups -OCH3 is 2. The summed E-state index contributed by atoms with van der Waals surface area (Å²) in [7, 11) is 3.20. The Balaban J connectivity index is 2.48. The van der Waals surface area contributed by atoms with Crippen molar-refractivity contribution in [2.45, 2.75) is 6.61 Å². The normalized spacial score (nSPS) is 10.2. The summed E-state index contributed by atoms with van der Waals surface area (Å²) in [4.78, 5) is 4.11. The predicted octanol–water partition coefficient (Wildman–Crippen LogP) is 2.26. The van der Waals surface area contributed by atoms with Crippen molar-refractivity contribution in [2.75, 3.05) is 14.2 Å². The molecule has 1 aromatic heterocycles. The Morgan fingerprint density at radius 2 is 1.83 bits per heavy atom. The molecule has 0 bridgehead atoms. The SMILES string of the molecule is COc1cncc(-c2ccc(OC)cc2CO)c1. The van der Waals surface area contributed by atoms with E-state index in [1.165, 1.54) is 0 Å². The van der Waals surface area contributed by atoms with Gasteiger partial charge >= 0.3 is 0 Å². The van der Waals surface area contributed by atoms with Crippen molar-refractivity contribution in [1.82, 2.24) is 4.98 Å². The molecule has 1 heterocycles. The van der Waals surface area contributed by atoms with Gasteiger partial charge in [0.05, 0.1) is 27.0 Å². The number of pyridine rings is 1. The maximum absolute atomic E-state index is 9.42. The zero-order valence-corrected chi connectivity index (χ0v) is 10.4. The first kappa shape index (κ1) is 12.4. The summed E-state index contributed by atoms with van der Waals surface area (Å²) in [5.41, 5.74) is 2.62. The van der Waals surface area contributed by atoms with Crippen LogP contribution in [0, 0.1) is 0 Å². The van der Waals surface area contributed by atoms with Gasteiger partial charge in [-0.3, -0.25) is 4.98 Å². The summed E-state index contributed by atoms with van der Waals surface area (Å²) in [6.45, 7) is -0.0518. The fourth-order valence-corrected chi connectivity index (χ4v) is 1.79. The van der Waals surface area contributed by atoms with Crippen LogP contribution < -0.4 is 9.47 Å². The maximum atomic E-state index is 9.42. The summed E-state index contributed by atoms with van der Waals surface area (Å²) in [6, 6.07) is 7.46. The number of aromatic nitrogens is 1. The Kier molecular flexibility index (Phi) is 3.79. The molecule has 0 aliphatic carbocycles. The molecule has 4 nitrogen and oxygen atoms in total. The minimum absolute atomic E-state index is 0.0518. The van der Waals surface area contributed by atoms with Gasteiger partial charge < -0.3 is 14.6 Å². The van der Waals surface area contributed by atoms with Gasteiger partial charge in [-0.05, 0) is 29.3 Å². The van der Waals surface area contributed by atoms with Crippen molar-refractivity contribution in [3.8, 4) is 22.6 Å². The van der Waals surface area contributed by atoms with E-state index < -0.39 is 0 Å². The number of ether oxygens (including phenoxy) is 2. The molecule has 0 saturated carbocycles. The first-order valence-electron chi connectivity index (χ1n) is 5.55. The molecule has 18 heavy (non-hydrogen) atoms. The highest BCUT2D eigenvalue weighted by molar-refractivity contribution is 5.68. The van der Waals surface area contributed by atoms with Gasteiger partial charge in [0.15, 0.2) is 0 Å². The molecule has 0 aliphatic heterocycles. The van der Waals surface area contributed by atoms with E-state index in [4.69, 9.17) is 9.47 Å². The second-order valence-electron chi connectivity index (χ2n) is 3.79. The third-order valence-electron chi connectivity index (χ3n) is 2.74. The lowest BCUT2D eigenvalue weighted by molar-refractivity contribution is 0.281. The van der Waals surface area contributed by atoms with Crippen molar-refractivity contribution >= 4 is 0 Å². The van der Waals surface area contributed by atoms with E-state index in [0.29, 0.717) is 5.75 Å². The first-order chi connectivity index (χ1) is 8.78. The Morgan fingerprint density at radius 1 is 1.06 bits per heavy atom. The van der Waals surface area contributed by atoms with Crippen LogP contribution in [0.3, 0.4) is 0 Å². The number of hydrogen-bond acceptors (Lipinski definition) is 4. The highest BCUT2D eigenvalue weighted by atomic mass is 16.5. The first-order valence-corrected chi connectivity index (χ1v) is 5.55. The Morgan fingerprint density at radius 3 is 2.50 bits per heavy atom. The van der Waals surface area contributed by atoms with Crippen LogP contribution in [-0.2, 0) is 6.61 Å². The van der Waals surface area contributed by atoms with Crippen LogP contribution in [0.4, 0.5) is 0 Å². The molecule has 0 unspecified atom stereocenters. The van der Waals surface area contributed by atoms with Crippen LogP contribution in [0.5, 0.6) is 11.5 Å². The van der Waals surface area contributed by atoms with Crippen LogP contribution in [0.25, 0.3) is 11.1 Å². The Bertz CT molecular complexity index is 540. The molecule has 0 amide bonds. The van der Waals surface area contributed by atoms with E-state index in [9.17, 15) is 5.11 Å². The van der Waals surface area contributed by atoms with Crippen molar-refractivity contribution in [3.05, 3.63) is 42.2 Å². The van der Waals surface area contributed by atoms with E-state index in [2.05, 4.69) is 4.98 Å². The molecule has 0 fully saturated rings. The standard InChI is InChI=1S/C14H15NO3/c1-17-12-3-4-14(11(6-12)9-16)10-5-13(18-2)8-15-7-10/h3-8,16H,9H2,1-2H3. The van der Waals surface area contributed by atoms with Gasteiger partial charge in [-0.2, -0.15) is 0 Å². The number of hydrogen-bond donors (Lipinski definition) is 1. The maximum Gasteiger partial charge on any atom is 0.137 e. The fraction of sp³-hybridized carbons (Fsp3) is 0.214. The van der Waals surface area contributed by atoms with Crippen LogP contribution in [0.1, 0.15) is 5.56 Å². The van der Waals surface area contributed by atoms with E-state index in [-0.39, 0.29) is 6.61 Å². The zero-order chi connectivity index (χ0) is 13.0.